The molecule has 3 heterocycles. The van der Waals surface area contributed by atoms with Crippen molar-refractivity contribution >= 4 is 34.8 Å². The van der Waals surface area contributed by atoms with Crippen LogP contribution in [-0.4, -0.2) is 39.0 Å². The standard InChI is InChI=1S/C14H20N6OS.ClH/c1-9(2)12-7-16-14(22-12)17-13(21)11-8-20(19-18-11)10-3-5-15-6-4-10;/h7-10,15H,3-6H2,1-2H3,(H,16,17,21);1H. The molecule has 1 fully saturated rings. The van der Waals surface area contributed by atoms with Crippen LogP contribution in [0.25, 0.3) is 0 Å². The van der Waals surface area contributed by atoms with Gasteiger partial charge in [-0.25, -0.2) is 9.67 Å². The number of carbonyl (C=O) groups excluding carboxylic acids is 1. The summed E-state index contributed by atoms with van der Waals surface area (Å²) in [6.07, 6.45) is 5.54. The zero-order valence-electron chi connectivity index (χ0n) is 13.2. The lowest BCUT2D eigenvalue weighted by molar-refractivity contribution is 0.102. The predicted octanol–water partition coefficient (Wildman–Crippen LogP) is 2.46. The Morgan fingerprint density at radius 1 is 1.43 bits per heavy atom. The summed E-state index contributed by atoms with van der Waals surface area (Å²) in [4.78, 5) is 17.6. The summed E-state index contributed by atoms with van der Waals surface area (Å²) >= 11 is 1.49. The second kappa shape index (κ2) is 7.85. The molecule has 0 bridgehead atoms. The first kappa shape index (κ1) is 17.8. The third-order valence-corrected chi connectivity index (χ3v) is 4.95. The van der Waals surface area contributed by atoms with Crippen LogP contribution in [0.4, 0.5) is 5.13 Å². The normalized spacial score (nSPS) is 15.4. The summed E-state index contributed by atoms with van der Waals surface area (Å²) in [5.41, 5.74) is 0.333. The molecule has 23 heavy (non-hydrogen) atoms. The molecule has 126 valence electrons. The highest BCUT2D eigenvalue weighted by Gasteiger charge is 2.19. The molecule has 0 aliphatic carbocycles. The first-order valence-electron chi connectivity index (χ1n) is 7.53. The fraction of sp³-hybridized carbons (Fsp3) is 0.571. The van der Waals surface area contributed by atoms with E-state index < -0.39 is 0 Å². The Balaban J connectivity index is 0.00000192. The van der Waals surface area contributed by atoms with E-state index in [-0.39, 0.29) is 18.3 Å². The molecule has 0 atom stereocenters. The Labute approximate surface area is 145 Å². The van der Waals surface area contributed by atoms with Crippen LogP contribution < -0.4 is 10.6 Å². The van der Waals surface area contributed by atoms with Gasteiger partial charge >= 0.3 is 0 Å². The molecule has 0 radical (unpaired) electrons. The Hall–Kier alpha value is -1.51. The van der Waals surface area contributed by atoms with Crippen molar-refractivity contribution in [1.29, 1.82) is 0 Å². The van der Waals surface area contributed by atoms with Crippen molar-refractivity contribution in [3.05, 3.63) is 23.0 Å². The van der Waals surface area contributed by atoms with E-state index in [0.29, 0.717) is 22.8 Å². The lowest BCUT2D eigenvalue weighted by Gasteiger charge is -2.21. The number of anilines is 1. The number of halogens is 1. The number of hydrogen-bond acceptors (Lipinski definition) is 6. The molecule has 2 N–H and O–H groups in total. The van der Waals surface area contributed by atoms with Crippen molar-refractivity contribution in [2.45, 2.75) is 38.6 Å². The van der Waals surface area contributed by atoms with Gasteiger partial charge in [0.05, 0.1) is 12.2 Å². The number of nitrogens with one attached hydrogen (secondary N) is 2. The zero-order chi connectivity index (χ0) is 15.5. The van der Waals surface area contributed by atoms with Gasteiger partial charge in [-0.1, -0.05) is 19.1 Å². The summed E-state index contributed by atoms with van der Waals surface area (Å²) in [5.74, 6) is 0.147. The first-order valence-corrected chi connectivity index (χ1v) is 8.35. The van der Waals surface area contributed by atoms with Crippen LogP contribution in [0.15, 0.2) is 12.4 Å². The van der Waals surface area contributed by atoms with E-state index in [9.17, 15) is 4.79 Å². The Bertz CT molecular complexity index is 649. The number of nitrogens with zero attached hydrogens (tertiary/aromatic N) is 4. The van der Waals surface area contributed by atoms with Crippen LogP contribution >= 0.6 is 23.7 Å². The molecule has 0 saturated carbocycles. The van der Waals surface area contributed by atoms with Crippen molar-refractivity contribution in [2.24, 2.45) is 0 Å². The van der Waals surface area contributed by atoms with Crippen LogP contribution in [0.1, 0.15) is 54.0 Å². The van der Waals surface area contributed by atoms with E-state index in [2.05, 4.69) is 39.8 Å². The molecule has 0 aromatic carbocycles. The van der Waals surface area contributed by atoms with Crippen LogP contribution in [0.2, 0.25) is 0 Å². The molecule has 3 rings (SSSR count). The average Bonchev–Trinajstić information content (AvgIpc) is 3.17. The van der Waals surface area contributed by atoms with Gasteiger partial charge in [-0.3, -0.25) is 10.1 Å². The number of rotatable bonds is 4. The van der Waals surface area contributed by atoms with E-state index in [1.165, 1.54) is 11.3 Å². The van der Waals surface area contributed by atoms with Crippen molar-refractivity contribution < 1.29 is 4.79 Å². The van der Waals surface area contributed by atoms with E-state index >= 15 is 0 Å². The third-order valence-electron chi connectivity index (χ3n) is 3.74. The summed E-state index contributed by atoms with van der Waals surface area (Å²) in [5, 5.41) is 14.8. The average molecular weight is 357 g/mol. The topological polar surface area (TPSA) is 84.7 Å². The molecule has 0 unspecified atom stereocenters. The minimum atomic E-state index is -0.259. The lowest BCUT2D eigenvalue weighted by Crippen LogP contribution is -2.29. The van der Waals surface area contributed by atoms with Crippen molar-refractivity contribution in [2.75, 3.05) is 18.4 Å². The molecular formula is C14H21ClN6OS. The number of amides is 1. The Morgan fingerprint density at radius 2 is 2.17 bits per heavy atom. The maximum absolute atomic E-state index is 12.2. The maximum atomic E-state index is 12.2. The van der Waals surface area contributed by atoms with Gasteiger partial charge in [0.1, 0.15) is 0 Å². The van der Waals surface area contributed by atoms with Crippen molar-refractivity contribution in [3.8, 4) is 0 Å². The third kappa shape index (κ3) is 4.27. The summed E-state index contributed by atoms with van der Waals surface area (Å²) in [6.45, 7) is 6.15. The molecule has 2 aromatic rings. The molecule has 1 aliphatic rings. The van der Waals surface area contributed by atoms with Gasteiger partial charge in [-0.05, 0) is 31.8 Å². The quantitative estimate of drug-likeness (QED) is 0.879. The Morgan fingerprint density at radius 3 is 2.83 bits per heavy atom. The smallest absolute Gasteiger partial charge is 0.279 e. The zero-order valence-corrected chi connectivity index (χ0v) is 14.8. The number of thiazole rings is 1. The highest BCUT2D eigenvalue weighted by Crippen LogP contribution is 2.25. The molecule has 1 amide bonds. The predicted molar refractivity (Wildman–Crippen MR) is 92.6 cm³/mol. The van der Waals surface area contributed by atoms with E-state index in [0.717, 1.165) is 30.8 Å². The number of aromatic nitrogens is 4. The molecule has 0 spiro atoms. The van der Waals surface area contributed by atoms with Crippen LogP contribution in [0, 0.1) is 0 Å². The van der Waals surface area contributed by atoms with Crippen molar-refractivity contribution in [3.63, 3.8) is 0 Å². The van der Waals surface area contributed by atoms with E-state index in [1.807, 2.05) is 0 Å². The minimum absolute atomic E-state index is 0. The molecule has 1 saturated heterocycles. The number of hydrogen-bond donors (Lipinski definition) is 2. The minimum Gasteiger partial charge on any atom is -0.317 e. The second-order valence-electron chi connectivity index (χ2n) is 5.74. The SMILES string of the molecule is CC(C)c1cnc(NC(=O)c2cn(C3CCNCC3)nn2)s1.Cl. The van der Waals surface area contributed by atoms with E-state index in [1.54, 1.807) is 17.1 Å². The highest BCUT2D eigenvalue weighted by molar-refractivity contribution is 7.15. The van der Waals surface area contributed by atoms with Gasteiger partial charge in [0, 0.05) is 11.1 Å². The summed E-state index contributed by atoms with van der Waals surface area (Å²) in [7, 11) is 0. The maximum Gasteiger partial charge on any atom is 0.279 e. The molecule has 2 aromatic heterocycles. The number of piperidine rings is 1. The molecule has 7 nitrogen and oxygen atoms in total. The summed E-state index contributed by atoms with van der Waals surface area (Å²) in [6, 6.07) is 0.322. The first-order chi connectivity index (χ1) is 10.6. The van der Waals surface area contributed by atoms with Gasteiger partial charge in [0.25, 0.3) is 5.91 Å². The van der Waals surface area contributed by atoms with Crippen LogP contribution in [0.3, 0.4) is 0 Å². The fourth-order valence-corrected chi connectivity index (χ4v) is 3.22. The summed E-state index contributed by atoms with van der Waals surface area (Å²) < 4.78 is 1.80. The van der Waals surface area contributed by atoms with Gasteiger partial charge < -0.3 is 5.32 Å². The molecular weight excluding hydrogens is 336 g/mol. The van der Waals surface area contributed by atoms with Gasteiger partial charge in [0.15, 0.2) is 10.8 Å². The van der Waals surface area contributed by atoms with Gasteiger partial charge in [0.2, 0.25) is 0 Å². The largest absolute Gasteiger partial charge is 0.317 e. The highest BCUT2D eigenvalue weighted by atomic mass is 35.5. The van der Waals surface area contributed by atoms with Crippen molar-refractivity contribution in [1.82, 2.24) is 25.3 Å². The fourth-order valence-electron chi connectivity index (χ4n) is 2.40. The van der Waals surface area contributed by atoms with Crippen LogP contribution in [0.5, 0.6) is 0 Å². The lowest BCUT2D eigenvalue weighted by atomic mass is 10.1. The van der Waals surface area contributed by atoms with E-state index in [4.69, 9.17) is 0 Å². The number of carbonyl (C=O) groups is 1. The monoisotopic (exact) mass is 356 g/mol. The second-order valence-corrected chi connectivity index (χ2v) is 6.80. The van der Waals surface area contributed by atoms with Gasteiger partial charge in [-0.15, -0.1) is 28.8 Å². The van der Waals surface area contributed by atoms with Gasteiger partial charge in [-0.2, -0.15) is 0 Å². The molecule has 1 aliphatic heterocycles. The van der Waals surface area contributed by atoms with Crippen LogP contribution in [-0.2, 0) is 0 Å². The molecule has 9 heteroatoms. The Kier molecular flexibility index (Phi) is 6.09.